The van der Waals surface area contributed by atoms with Gasteiger partial charge in [0.1, 0.15) is 5.75 Å². The van der Waals surface area contributed by atoms with Gasteiger partial charge in [-0.25, -0.2) is 8.42 Å². The van der Waals surface area contributed by atoms with Crippen LogP contribution in [0, 0.1) is 0 Å². The number of hydrogen-bond donors (Lipinski definition) is 1. The van der Waals surface area contributed by atoms with E-state index in [1.807, 2.05) is 0 Å². The Balaban J connectivity index is 2.63. The molecule has 9 heteroatoms. The van der Waals surface area contributed by atoms with E-state index in [4.69, 9.17) is 15.4 Å². The first-order valence-electron chi connectivity index (χ1n) is 4.39. The second-order valence-electron chi connectivity index (χ2n) is 3.04. The van der Waals surface area contributed by atoms with Gasteiger partial charge in [0.25, 0.3) is 9.05 Å². The summed E-state index contributed by atoms with van der Waals surface area (Å²) in [6.07, 6.45) is 0. The van der Waals surface area contributed by atoms with Crippen molar-refractivity contribution < 1.29 is 13.2 Å². The van der Waals surface area contributed by atoms with Crippen molar-refractivity contribution in [1.29, 1.82) is 0 Å². The van der Waals surface area contributed by atoms with Crippen LogP contribution in [0.2, 0.25) is 0 Å². The number of tetrazole rings is 1. The molecule has 90 valence electrons. The van der Waals surface area contributed by atoms with E-state index in [0.29, 0.717) is 11.3 Å². The van der Waals surface area contributed by atoms with Crippen LogP contribution < -0.4 is 4.74 Å². The molecule has 17 heavy (non-hydrogen) atoms. The molecule has 0 spiro atoms. The number of methoxy groups -OCH3 is 1. The molecule has 0 saturated carbocycles. The van der Waals surface area contributed by atoms with Crippen LogP contribution >= 0.6 is 10.7 Å². The largest absolute Gasteiger partial charge is 0.496 e. The lowest BCUT2D eigenvalue weighted by molar-refractivity contribution is 0.416. The van der Waals surface area contributed by atoms with Crippen molar-refractivity contribution in [2.45, 2.75) is 4.90 Å². The Bertz CT molecular complexity index is 626. The van der Waals surface area contributed by atoms with Crippen molar-refractivity contribution >= 4 is 19.7 Å². The molecule has 1 N–H and O–H groups in total. The van der Waals surface area contributed by atoms with E-state index < -0.39 is 9.05 Å². The molecule has 2 rings (SSSR count). The van der Waals surface area contributed by atoms with Crippen molar-refractivity contribution in [3.63, 3.8) is 0 Å². The zero-order valence-corrected chi connectivity index (χ0v) is 10.2. The summed E-state index contributed by atoms with van der Waals surface area (Å²) < 4.78 is 27.5. The van der Waals surface area contributed by atoms with Gasteiger partial charge in [0.2, 0.25) is 5.82 Å². The summed E-state index contributed by atoms with van der Waals surface area (Å²) in [4.78, 5) is -0.0558. The number of nitrogens with one attached hydrogen (secondary N) is 1. The predicted molar refractivity (Wildman–Crippen MR) is 59.2 cm³/mol. The van der Waals surface area contributed by atoms with Crippen LogP contribution in [0.1, 0.15) is 0 Å². The molecule has 0 radical (unpaired) electrons. The van der Waals surface area contributed by atoms with E-state index >= 15 is 0 Å². The van der Waals surface area contributed by atoms with Gasteiger partial charge in [0.05, 0.1) is 17.6 Å². The highest BCUT2D eigenvalue weighted by Crippen LogP contribution is 2.30. The number of ether oxygens (including phenoxy) is 1. The molecule has 0 amide bonds. The summed E-state index contributed by atoms with van der Waals surface area (Å²) in [6, 6.07) is 4.14. The lowest BCUT2D eigenvalue weighted by Crippen LogP contribution is -1.95. The minimum Gasteiger partial charge on any atom is -0.496 e. The summed E-state index contributed by atoms with van der Waals surface area (Å²) in [5, 5.41) is 13.2. The van der Waals surface area contributed by atoms with Crippen molar-refractivity contribution in [1.82, 2.24) is 20.6 Å². The van der Waals surface area contributed by atoms with E-state index in [1.54, 1.807) is 0 Å². The van der Waals surface area contributed by atoms with E-state index in [9.17, 15) is 8.42 Å². The van der Waals surface area contributed by atoms with Crippen molar-refractivity contribution in [2.75, 3.05) is 7.11 Å². The fourth-order valence-corrected chi connectivity index (χ4v) is 2.07. The Morgan fingerprint density at radius 1 is 1.41 bits per heavy atom. The molecular formula is C8H7ClN4O3S. The van der Waals surface area contributed by atoms with Crippen LogP contribution in [0.25, 0.3) is 11.4 Å². The first-order chi connectivity index (χ1) is 8.02. The third-order valence-electron chi connectivity index (χ3n) is 2.04. The lowest BCUT2D eigenvalue weighted by Gasteiger charge is -2.06. The van der Waals surface area contributed by atoms with Gasteiger partial charge in [-0.3, -0.25) is 0 Å². The van der Waals surface area contributed by atoms with Crippen LogP contribution in [0.3, 0.4) is 0 Å². The monoisotopic (exact) mass is 274 g/mol. The Labute approximate surface area is 101 Å². The molecule has 0 bridgehead atoms. The van der Waals surface area contributed by atoms with Crippen LogP contribution in [0.4, 0.5) is 0 Å². The zero-order chi connectivity index (χ0) is 12.5. The quantitative estimate of drug-likeness (QED) is 0.832. The highest BCUT2D eigenvalue weighted by molar-refractivity contribution is 8.13. The highest BCUT2D eigenvalue weighted by atomic mass is 35.7. The minimum atomic E-state index is -3.81. The van der Waals surface area contributed by atoms with Crippen LogP contribution in [-0.4, -0.2) is 36.2 Å². The average Bonchev–Trinajstić information content (AvgIpc) is 2.80. The fourth-order valence-electron chi connectivity index (χ4n) is 1.29. The normalized spacial score (nSPS) is 11.4. The van der Waals surface area contributed by atoms with E-state index in [1.165, 1.54) is 25.3 Å². The number of nitrogens with zero attached hydrogens (tertiary/aromatic N) is 3. The molecule has 1 aromatic heterocycles. The molecule has 0 unspecified atom stereocenters. The Hall–Kier alpha value is -1.67. The van der Waals surface area contributed by atoms with Gasteiger partial charge in [-0.2, -0.15) is 5.21 Å². The van der Waals surface area contributed by atoms with Gasteiger partial charge in [-0.1, -0.05) is 0 Å². The van der Waals surface area contributed by atoms with E-state index in [2.05, 4.69) is 20.6 Å². The maximum atomic E-state index is 11.2. The van der Waals surface area contributed by atoms with Crippen molar-refractivity contribution in [3.8, 4) is 17.1 Å². The molecular weight excluding hydrogens is 268 g/mol. The second kappa shape index (κ2) is 4.30. The van der Waals surface area contributed by atoms with Gasteiger partial charge >= 0.3 is 0 Å². The van der Waals surface area contributed by atoms with Crippen molar-refractivity contribution in [2.24, 2.45) is 0 Å². The molecule has 0 aliphatic carbocycles. The fraction of sp³-hybridized carbons (Fsp3) is 0.125. The Kier molecular flexibility index (Phi) is 2.99. The number of rotatable bonds is 3. The van der Waals surface area contributed by atoms with Crippen LogP contribution in [0.15, 0.2) is 23.1 Å². The SMILES string of the molecule is COc1ccc(S(=O)(=O)Cl)cc1-c1nn[nH]n1. The number of halogens is 1. The first kappa shape index (κ1) is 11.8. The van der Waals surface area contributed by atoms with E-state index in [-0.39, 0.29) is 10.7 Å². The second-order valence-corrected chi connectivity index (χ2v) is 5.60. The van der Waals surface area contributed by atoms with Gasteiger partial charge in [-0.15, -0.1) is 10.2 Å². The smallest absolute Gasteiger partial charge is 0.261 e. The molecule has 1 aromatic carbocycles. The summed E-state index contributed by atoms with van der Waals surface area (Å²) in [6.45, 7) is 0. The number of hydrogen-bond acceptors (Lipinski definition) is 6. The summed E-state index contributed by atoms with van der Waals surface area (Å²) in [7, 11) is 2.90. The summed E-state index contributed by atoms with van der Waals surface area (Å²) in [5.74, 6) is 0.652. The number of H-pyrrole nitrogens is 1. The first-order valence-corrected chi connectivity index (χ1v) is 6.70. The maximum Gasteiger partial charge on any atom is 0.261 e. The lowest BCUT2D eigenvalue weighted by atomic mass is 10.2. The highest BCUT2D eigenvalue weighted by Gasteiger charge is 2.16. The summed E-state index contributed by atoms with van der Waals surface area (Å²) >= 11 is 0. The molecule has 1 heterocycles. The third-order valence-corrected chi connectivity index (χ3v) is 3.39. The molecule has 0 saturated heterocycles. The molecule has 7 nitrogen and oxygen atoms in total. The molecule has 0 aliphatic rings. The number of aromatic amines is 1. The Morgan fingerprint density at radius 2 is 2.18 bits per heavy atom. The molecule has 0 aliphatic heterocycles. The number of aromatic nitrogens is 4. The van der Waals surface area contributed by atoms with Gasteiger partial charge in [0, 0.05) is 10.7 Å². The van der Waals surface area contributed by atoms with Gasteiger partial charge < -0.3 is 4.74 Å². The molecule has 2 aromatic rings. The average molecular weight is 275 g/mol. The van der Waals surface area contributed by atoms with Crippen LogP contribution in [0.5, 0.6) is 5.75 Å². The predicted octanol–water partition coefficient (Wildman–Crippen LogP) is 0.803. The molecule has 0 atom stereocenters. The summed E-state index contributed by atoms with van der Waals surface area (Å²) in [5.41, 5.74) is 0.392. The van der Waals surface area contributed by atoms with Crippen LogP contribution in [-0.2, 0) is 9.05 Å². The third kappa shape index (κ3) is 2.37. The van der Waals surface area contributed by atoms with Gasteiger partial charge in [0.15, 0.2) is 0 Å². The maximum absolute atomic E-state index is 11.2. The van der Waals surface area contributed by atoms with Gasteiger partial charge in [-0.05, 0) is 23.4 Å². The van der Waals surface area contributed by atoms with Crippen molar-refractivity contribution in [3.05, 3.63) is 18.2 Å². The number of benzene rings is 1. The minimum absolute atomic E-state index is 0.0558. The Morgan fingerprint density at radius 3 is 2.71 bits per heavy atom. The van der Waals surface area contributed by atoms with E-state index in [0.717, 1.165) is 0 Å². The molecule has 0 fully saturated rings. The standard InChI is InChI=1S/C8H7ClN4O3S/c1-16-7-3-2-5(17(9,14)15)4-6(7)8-10-12-13-11-8/h2-4H,1H3,(H,10,11,12,13). The topological polar surface area (TPSA) is 97.8 Å². The zero-order valence-electron chi connectivity index (χ0n) is 8.58.